The van der Waals surface area contributed by atoms with Gasteiger partial charge in [-0.2, -0.15) is 0 Å². The van der Waals surface area contributed by atoms with Crippen molar-refractivity contribution >= 4 is 5.91 Å². The lowest BCUT2D eigenvalue weighted by atomic mass is 9.76. The maximum atomic E-state index is 13.2. The molecule has 0 spiro atoms. The van der Waals surface area contributed by atoms with E-state index in [0.717, 1.165) is 47.0 Å². The van der Waals surface area contributed by atoms with Crippen molar-refractivity contribution in [1.82, 2.24) is 4.90 Å². The van der Waals surface area contributed by atoms with E-state index in [1.54, 1.807) is 0 Å². The first-order chi connectivity index (χ1) is 14.2. The van der Waals surface area contributed by atoms with Crippen molar-refractivity contribution in [2.45, 2.75) is 37.8 Å². The van der Waals surface area contributed by atoms with E-state index in [2.05, 4.69) is 29.2 Å². The van der Waals surface area contributed by atoms with Crippen LogP contribution in [0.3, 0.4) is 0 Å². The summed E-state index contributed by atoms with van der Waals surface area (Å²) < 4.78 is 22.4. The second kappa shape index (κ2) is 6.29. The Kier molecular flexibility index (Phi) is 3.68. The van der Waals surface area contributed by atoms with Crippen molar-refractivity contribution in [2.75, 3.05) is 20.1 Å². The smallest absolute Gasteiger partial charge is 0.231 e. The van der Waals surface area contributed by atoms with E-state index in [1.165, 1.54) is 11.1 Å². The molecule has 2 N–H and O–H groups in total. The predicted molar refractivity (Wildman–Crippen MR) is 103 cm³/mol. The quantitative estimate of drug-likeness (QED) is 0.862. The van der Waals surface area contributed by atoms with Crippen LogP contribution in [0.2, 0.25) is 0 Å². The molecule has 0 saturated heterocycles. The third-order valence-electron chi connectivity index (χ3n) is 6.37. The highest BCUT2D eigenvalue weighted by atomic mass is 16.7. The van der Waals surface area contributed by atoms with Crippen molar-refractivity contribution in [1.29, 1.82) is 0 Å². The summed E-state index contributed by atoms with van der Waals surface area (Å²) in [6.45, 7) is 1.000. The standard InChI is InChI=1S/C22H22N2O5/c23-3-1-2-22(25)24-16-4-12-6-18-20(28-10-26-18)8-14(12)17(24)5-13-7-19-21(9-15(13)16)29-11-27-19/h6-9,16-17H,1-5,10-11,23H2. The van der Waals surface area contributed by atoms with Gasteiger partial charge in [-0.25, -0.2) is 0 Å². The molecule has 2 bridgehead atoms. The summed E-state index contributed by atoms with van der Waals surface area (Å²) in [5.74, 6) is 3.24. The van der Waals surface area contributed by atoms with E-state index in [0.29, 0.717) is 19.4 Å². The SMILES string of the molecule is NCCCC(=O)N1C2Cc3cc4c(cc3C1Cc1cc3c(cc12)OCO3)OCO4. The van der Waals surface area contributed by atoms with Crippen molar-refractivity contribution < 1.29 is 23.7 Å². The van der Waals surface area contributed by atoms with Gasteiger partial charge < -0.3 is 29.6 Å². The number of rotatable bonds is 3. The van der Waals surface area contributed by atoms with Crippen molar-refractivity contribution in [3.8, 4) is 23.0 Å². The highest BCUT2D eigenvalue weighted by Crippen LogP contribution is 2.52. The molecule has 4 heterocycles. The average molecular weight is 394 g/mol. The molecule has 4 aliphatic heterocycles. The minimum atomic E-state index is -0.0311. The molecule has 29 heavy (non-hydrogen) atoms. The van der Waals surface area contributed by atoms with E-state index in [4.69, 9.17) is 24.7 Å². The number of benzene rings is 2. The number of nitrogens with two attached hydrogens (primary N) is 1. The molecule has 4 aliphatic rings. The first-order valence-electron chi connectivity index (χ1n) is 10.1. The van der Waals surface area contributed by atoms with Crippen molar-refractivity contribution in [3.05, 3.63) is 46.5 Å². The van der Waals surface area contributed by atoms with Gasteiger partial charge in [-0.15, -0.1) is 0 Å². The minimum absolute atomic E-state index is 0.0311. The van der Waals surface area contributed by atoms with Gasteiger partial charge in [-0.3, -0.25) is 4.79 Å². The van der Waals surface area contributed by atoms with Crippen LogP contribution in [0, 0.1) is 0 Å². The molecule has 6 rings (SSSR count). The lowest BCUT2D eigenvalue weighted by Crippen LogP contribution is -2.46. The lowest BCUT2D eigenvalue weighted by Gasteiger charge is -2.48. The third-order valence-corrected chi connectivity index (χ3v) is 6.37. The highest BCUT2D eigenvalue weighted by Gasteiger charge is 2.44. The Balaban J connectivity index is 1.48. The fourth-order valence-electron chi connectivity index (χ4n) is 5.05. The number of amides is 1. The van der Waals surface area contributed by atoms with Gasteiger partial charge in [-0.05, 0) is 72.3 Å². The molecule has 0 fully saturated rings. The summed E-state index contributed by atoms with van der Waals surface area (Å²) in [7, 11) is 0. The summed E-state index contributed by atoms with van der Waals surface area (Å²) in [6.07, 6.45) is 2.63. The van der Waals surface area contributed by atoms with Crippen LogP contribution in [-0.4, -0.2) is 30.9 Å². The number of ether oxygens (including phenoxy) is 4. The summed E-state index contributed by atoms with van der Waals surface area (Å²) in [6, 6.07) is 8.21. The minimum Gasteiger partial charge on any atom is -0.454 e. The van der Waals surface area contributed by atoms with Gasteiger partial charge in [0, 0.05) is 6.42 Å². The van der Waals surface area contributed by atoms with Crippen LogP contribution in [0.15, 0.2) is 24.3 Å². The molecule has 0 aromatic heterocycles. The van der Waals surface area contributed by atoms with E-state index in [-0.39, 0.29) is 31.6 Å². The van der Waals surface area contributed by atoms with Gasteiger partial charge >= 0.3 is 0 Å². The largest absolute Gasteiger partial charge is 0.454 e. The van der Waals surface area contributed by atoms with Gasteiger partial charge in [-0.1, -0.05) is 0 Å². The third kappa shape index (κ3) is 2.50. The number of nitrogens with zero attached hydrogens (tertiary/aromatic N) is 1. The second-order valence-electron chi connectivity index (χ2n) is 7.94. The molecular weight excluding hydrogens is 372 g/mol. The molecule has 0 saturated carbocycles. The Bertz CT molecular complexity index is 949. The molecule has 1 amide bonds. The molecule has 2 unspecified atom stereocenters. The Morgan fingerprint density at radius 1 is 0.862 bits per heavy atom. The normalized spacial score (nSPS) is 22.3. The van der Waals surface area contributed by atoms with Crippen LogP contribution in [0.4, 0.5) is 0 Å². The van der Waals surface area contributed by atoms with Gasteiger partial charge in [0.1, 0.15) is 0 Å². The average Bonchev–Trinajstić information content (AvgIpc) is 3.37. The number of carbonyl (C=O) groups excluding carboxylic acids is 1. The van der Waals surface area contributed by atoms with Crippen LogP contribution in [0.25, 0.3) is 0 Å². The molecule has 0 radical (unpaired) electrons. The maximum absolute atomic E-state index is 13.2. The molecule has 2 aromatic carbocycles. The molecule has 7 nitrogen and oxygen atoms in total. The van der Waals surface area contributed by atoms with Crippen molar-refractivity contribution in [2.24, 2.45) is 5.73 Å². The maximum Gasteiger partial charge on any atom is 0.231 e. The first kappa shape index (κ1) is 17.0. The van der Waals surface area contributed by atoms with Crippen LogP contribution in [-0.2, 0) is 17.6 Å². The number of hydrogen-bond acceptors (Lipinski definition) is 6. The topological polar surface area (TPSA) is 83.3 Å². The zero-order valence-corrected chi connectivity index (χ0v) is 16.0. The van der Waals surface area contributed by atoms with Crippen LogP contribution < -0.4 is 24.7 Å². The van der Waals surface area contributed by atoms with E-state index < -0.39 is 0 Å². The molecule has 2 atom stereocenters. The summed E-state index contributed by atoms with van der Waals surface area (Å²) in [5.41, 5.74) is 10.4. The Hall–Kier alpha value is -2.93. The van der Waals surface area contributed by atoms with Gasteiger partial charge in [0.15, 0.2) is 23.0 Å². The van der Waals surface area contributed by atoms with Crippen LogP contribution in [0.5, 0.6) is 23.0 Å². The van der Waals surface area contributed by atoms with E-state index in [9.17, 15) is 4.79 Å². The second-order valence-corrected chi connectivity index (χ2v) is 7.94. The Morgan fingerprint density at radius 2 is 1.34 bits per heavy atom. The van der Waals surface area contributed by atoms with Crippen LogP contribution in [0.1, 0.15) is 47.2 Å². The monoisotopic (exact) mass is 394 g/mol. The predicted octanol–water partition coefficient (Wildman–Crippen LogP) is 2.61. The van der Waals surface area contributed by atoms with Gasteiger partial charge in [0.05, 0.1) is 12.1 Å². The number of fused-ring (bicyclic) bond motifs is 8. The molecule has 150 valence electrons. The number of hydrogen-bond donors (Lipinski definition) is 1. The summed E-state index contributed by atoms with van der Waals surface area (Å²) in [4.78, 5) is 15.3. The van der Waals surface area contributed by atoms with Gasteiger partial charge in [0.2, 0.25) is 19.5 Å². The summed E-state index contributed by atoms with van der Waals surface area (Å²) in [5, 5.41) is 0. The molecule has 0 aliphatic carbocycles. The lowest BCUT2D eigenvalue weighted by molar-refractivity contribution is -0.138. The Labute approximate surface area is 168 Å². The highest BCUT2D eigenvalue weighted by molar-refractivity contribution is 5.79. The fourth-order valence-corrected chi connectivity index (χ4v) is 5.05. The zero-order valence-electron chi connectivity index (χ0n) is 16.0. The molecule has 7 heteroatoms. The van der Waals surface area contributed by atoms with E-state index >= 15 is 0 Å². The molecule has 2 aromatic rings. The van der Waals surface area contributed by atoms with Gasteiger partial charge in [0.25, 0.3) is 0 Å². The van der Waals surface area contributed by atoms with E-state index in [1.807, 2.05) is 0 Å². The Morgan fingerprint density at radius 3 is 1.83 bits per heavy atom. The number of carbonyl (C=O) groups is 1. The molecular formula is C22H22N2O5. The summed E-state index contributed by atoms with van der Waals surface area (Å²) >= 11 is 0. The van der Waals surface area contributed by atoms with Crippen molar-refractivity contribution in [3.63, 3.8) is 0 Å². The fraction of sp³-hybridized carbons (Fsp3) is 0.409. The van der Waals surface area contributed by atoms with Crippen LogP contribution >= 0.6 is 0 Å². The first-order valence-corrected chi connectivity index (χ1v) is 10.1. The zero-order chi connectivity index (χ0) is 19.5.